The van der Waals surface area contributed by atoms with Crippen molar-refractivity contribution >= 4 is 10.9 Å². The Morgan fingerprint density at radius 2 is 2.14 bits per heavy atom. The van der Waals surface area contributed by atoms with Crippen LogP contribution in [-0.2, 0) is 11.3 Å². The number of rotatable bonds is 3. The van der Waals surface area contributed by atoms with Crippen LogP contribution >= 0.6 is 0 Å². The summed E-state index contributed by atoms with van der Waals surface area (Å²) in [5.41, 5.74) is 4.31. The van der Waals surface area contributed by atoms with Gasteiger partial charge in [-0.1, -0.05) is 6.07 Å². The molecule has 1 aliphatic heterocycles. The van der Waals surface area contributed by atoms with Crippen molar-refractivity contribution < 1.29 is 4.74 Å². The van der Waals surface area contributed by atoms with Crippen molar-refractivity contribution in [1.29, 1.82) is 0 Å². The number of methoxy groups -OCH3 is 1. The molecule has 0 unspecified atom stereocenters. The molecule has 118 valence electrons. The molecule has 1 aliphatic rings. The molecule has 4 nitrogen and oxygen atoms in total. The normalized spacial score (nSPS) is 19.7. The molecule has 0 spiro atoms. The van der Waals surface area contributed by atoms with E-state index in [-0.39, 0.29) is 5.43 Å². The van der Waals surface area contributed by atoms with Crippen molar-refractivity contribution in [2.24, 2.45) is 0 Å². The van der Waals surface area contributed by atoms with E-state index in [9.17, 15) is 4.79 Å². The third-order valence-electron chi connectivity index (χ3n) is 4.53. The number of likely N-dealkylation sites (tertiary alicyclic amines) is 1. The van der Waals surface area contributed by atoms with Gasteiger partial charge in [-0.3, -0.25) is 9.69 Å². The molecular formula is C18H24N2O2. The molecule has 22 heavy (non-hydrogen) atoms. The van der Waals surface area contributed by atoms with Crippen molar-refractivity contribution in [2.75, 3.05) is 20.2 Å². The molecule has 1 atom stereocenters. The van der Waals surface area contributed by atoms with Gasteiger partial charge in [0.2, 0.25) is 0 Å². The molecule has 1 aromatic heterocycles. The second-order valence-electron chi connectivity index (χ2n) is 6.40. The average molecular weight is 300 g/mol. The summed E-state index contributed by atoms with van der Waals surface area (Å²) in [6, 6.07) is 5.83. The van der Waals surface area contributed by atoms with Crippen LogP contribution in [0.25, 0.3) is 10.9 Å². The Labute approximate surface area is 131 Å². The first-order valence-electron chi connectivity index (χ1n) is 7.95. The van der Waals surface area contributed by atoms with E-state index in [0.717, 1.165) is 60.2 Å². The SMILES string of the molecule is CO[C@@H]1CCCN(Cc2cc(=O)c3cc(C)cc(C)c3[nH]2)C1. The van der Waals surface area contributed by atoms with Gasteiger partial charge in [-0.2, -0.15) is 0 Å². The van der Waals surface area contributed by atoms with E-state index >= 15 is 0 Å². The lowest BCUT2D eigenvalue weighted by atomic mass is 10.1. The standard InChI is InChI=1S/C18H24N2O2/c1-12-7-13(2)18-16(8-12)17(21)9-14(19-18)10-20-6-4-5-15(11-20)22-3/h7-9,15H,4-6,10-11H2,1-3H3,(H,19,21)/t15-/m1/s1. The zero-order chi connectivity index (χ0) is 15.7. The largest absolute Gasteiger partial charge is 0.380 e. The van der Waals surface area contributed by atoms with Crippen molar-refractivity contribution in [3.8, 4) is 0 Å². The first-order valence-corrected chi connectivity index (χ1v) is 7.95. The molecular weight excluding hydrogens is 276 g/mol. The number of aromatic amines is 1. The van der Waals surface area contributed by atoms with Crippen molar-refractivity contribution in [3.63, 3.8) is 0 Å². The fraction of sp³-hybridized carbons (Fsp3) is 0.500. The third kappa shape index (κ3) is 3.08. The highest BCUT2D eigenvalue weighted by Crippen LogP contribution is 2.18. The van der Waals surface area contributed by atoms with Crippen LogP contribution < -0.4 is 5.43 Å². The second-order valence-corrected chi connectivity index (χ2v) is 6.40. The maximum atomic E-state index is 12.4. The molecule has 0 radical (unpaired) electrons. The molecule has 1 N–H and O–H groups in total. The maximum Gasteiger partial charge on any atom is 0.189 e. The Morgan fingerprint density at radius 3 is 2.91 bits per heavy atom. The second kappa shape index (κ2) is 6.23. The van der Waals surface area contributed by atoms with Crippen molar-refractivity contribution in [2.45, 2.75) is 39.3 Å². The summed E-state index contributed by atoms with van der Waals surface area (Å²) in [6.07, 6.45) is 2.58. The zero-order valence-corrected chi connectivity index (χ0v) is 13.6. The van der Waals surface area contributed by atoms with Crippen LogP contribution in [0.3, 0.4) is 0 Å². The third-order valence-corrected chi connectivity index (χ3v) is 4.53. The molecule has 1 saturated heterocycles. The minimum atomic E-state index is 0.107. The Hall–Kier alpha value is -1.65. The number of aromatic nitrogens is 1. The molecule has 1 fully saturated rings. The number of pyridine rings is 1. The first kappa shape index (κ1) is 15.3. The van der Waals surface area contributed by atoms with Crippen molar-refractivity contribution in [3.05, 3.63) is 45.2 Å². The molecule has 2 aromatic rings. The fourth-order valence-corrected chi connectivity index (χ4v) is 3.44. The highest BCUT2D eigenvalue weighted by atomic mass is 16.5. The number of hydrogen-bond donors (Lipinski definition) is 1. The summed E-state index contributed by atoms with van der Waals surface area (Å²) in [4.78, 5) is 18.2. The Bertz CT molecular complexity index is 736. The predicted molar refractivity (Wildman–Crippen MR) is 89.4 cm³/mol. The fourth-order valence-electron chi connectivity index (χ4n) is 3.44. The number of benzene rings is 1. The summed E-state index contributed by atoms with van der Waals surface area (Å²) in [6.45, 7) is 6.85. The van der Waals surface area contributed by atoms with E-state index in [0.29, 0.717) is 6.10 Å². The number of piperidine rings is 1. The topological polar surface area (TPSA) is 45.3 Å². The van der Waals surface area contributed by atoms with Crippen molar-refractivity contribution in [1.82, 2.24) is 9.88 Å². The number of nitrogens with zero attached hydrogens (tertiary/aromatic N) is 1. The quantitative estimate of drug-likeness (QED) is 0.948. The molecule has 0 aliphatic carbocycles. The van der Waals surface area contributed by atoms with E-state index in [4.69, 9.17) is 4.74 Å². The number of ether oxygens (including phenoxy) is 1. The number of fused-ring (bicyclic) bond motifs is 1. The summed E-state index contributed by atoms with van der Waals surface area (Å²) in [5.74, 6) is 0. The van der Waals surface area contributed by atoms with Crippen LogP contribution in [-0.4, -0.2) is 36.2 Å². The Balaban J connectivity index is 1.90. The highest BCUT2D eigenvalue weighted by Gasteiger charge is 2.19. The van der Waals surface area contributed by atoms with Gasteiger partial charge in [0.1, 0.15) is 0 Å². The van der Waals surface area contributed by atoms with Gasteiger partial charge in [0.25, 0.3) is 0 Å². The van der Waals surface area contributed by atoms with Crippen LogP contribution in [0, 0.1) is 13.8 Å². The summed E-state index contributed by atoms with van der Waals surface area (Å²) in [5, 5.41) is 0.787. The smallest absolute Gasteiger partial charge is 0.189 e. The van der Waals surface area contributed by atoms with Gasteiger partial charge in [0.05, 0.1) is 11.6 Å². The number of H-pyrrole nitrogens is 1. The van der Waals surface area contributed by atoms with Crippen LogP contribution in [0.2, 0.25) is 0 Å². The average Bonchev–Trinajstić information content (AvgIpc) is 2.49. The summed E-state index contributed by atoms with van der Waals surface area (Å²) >= 11 is 0. The minimum Gasteiger partial charge on any atom is -0.380 e. The summed E-state index contributed by atoms with van der Waals surface area (Å²) in [7, 11) is 1.78. The van der Waals surface area contributed by atoms with Gasteiger partial charge >= 0.3 is 0 Å². The maximum absolute atomic E-state index is 12.4. The van der Waals surface area contributed by atoms with Crippen LogP contribution in [0.4, 0.5) is 0 Å². The molecule has 0 amide bonds. The number of aryl methyl sites for hydroxylation is 2. The lowest BCUT2D eigenvalue weighted by Gasteiger charge is -2.31. The lowest BCUT2D eigenvalue weighted by molar-refractivity contribution is 0.0281. The van der Waals surface area contributed by atoms with Crippen LogP contribution in [0.5, 0.6) is 0 Å². The molecule has 0 bridgehead atoms. The van der Waals surface area contributed by atoms with Crippen LogP contribution in [0.15, 0.2) is 23.0 Å². The zero-order valence-electron chi connectivity index (χ0n) is 13.6. The molecule has 1 aromatic carbocycles. The van der Waals surface area contributed by atoms with Gasteiger partial charge in [-0.15, -0.1) is 0 Å². The van der Waals surface area contributed by atoms with Gasteiger partial charge in [-0.25, -0.2) is 0 Å². The number of hydrogen-bond acceptors (Lipinski definition) is 3. The molecule has 0 saturated carbocycles. The van der Waals surface area contributed by atoms with E-state index < -0.39 is 0 Å². The van der Waals surface area contributed by atoms with E-state index in [1.807, 2.05) is 13.0 Å². The number of nitrogens with one attached hydrogen (secondary N) is 1. The summed E-state index contributed by atoms with van der Waals surface area (Å²) < 4.78 is 5.47. The monoisotopic (exact) mass is 300 g/mol. The Morgan fingerprint density at radius 1 is 1.32 bits per heavy atom. The van der Waals surface area contributed by atoms with Gasteiger partial charge in [-0.05, 0) is 50.4 Å². The minimum absolute atomic E-state index is 0.107. The lowest BCUT2D eigenvalue weighted by Crippen LogP contribution is -2.39. The van der Waals surface area contributed by atoms with E-state index in [1.54, 1.807) is 13.2 Å². The molecule has 4 heteroatoms. The van der Waals surface area contributed by atoms with Gasteiger partial charge in [0.15, 0.2) is 5.43 Å². The molecule has 3 rings (SSSR count). The molecule has 2 heterocycles. The van der Waals surface area contributed by atoms with E-state index in [2.05, 4.69) is 22.9 Å². The Kier molecular flexibility index (Phi) is 4.32. The predicted octanol–water partition coefficient (Wildman–Crippen LogP) is 2.76. The highest BCUT2D eigenvalue weighted by molar-refractivity contribution is 5.82. The van der Waals surface area contributed by atoms with Gasteiger partial charge < -0.3 is 9.72 Å². The van der Waals surface area contributed by atoms with E-state index in [1.165, 1.54) is 0 Å². The first-order chi connectivity index (χ1) is 10.6. The van der Waals surface area contributed by atoms with Crippen LogP contribution in [0.1, 0.15) is 29.7 Å². The van der Waals surface area contributed by atoms with Gasteiger partial charge in [0, 0.05) is 37.3 Å².